The molecule has 0 radical (unpaired) electrons. The number of rotatable bonds is 5. The molecule has 3 heteroatoms. The van der Waals surface area contributed by atoms with Crippen molar-refractivity contribution in [3.05, 3.63) is 35.4 Å². The lowest BCUT2D eigenvalue weighted by Gasteiger charge is -2.03. The monoisotopic (exact) mass is 258 g/mol. The van der Waals surface area contributed by atoms with E-state index < -0.39 is 0 Å². The molecular weight excluding hydrogens is 236 g/mol. The predicted molar refractivity (Wildman–Crippen MR) is 78.4 cm³/mol. The van der Waals surface area contributed by atoms with Crippen LogP contribution in [0.25, 0.3) is 11.3 Å². The Morgan fingerprint density at radius 3 is 2.68 bits per heavy atom. The Morgan fingerprint density at radius 1 is 1.26 bits per heavy atom. The van der Waals surface area contributed by atoms with Crippen molar-refractivity contribution in [2.75, 3.05) is 0 Å². The third-order valence-corrected chi connectivity index (χ3v) is 3.39. The highest BCUT2D eigenvalue weighted by Crippen LogP contribution is 2.31. The molecule has 3 nitrogen and oxygen atoms in total. The number of aromatic hydroxyl groups is 1. The average molecular weight is 258 g/mol. The summed E-state index contributed by atoms with van der Waals surface area (Å²) in [5, 5.41) is 14.8. The van der Waals surface area contributed by atoms with Crippen molar-refractivity contribution < 1.29 is 5.11 Å². The quantitative estimate of drug-likeness (QED) is 0.882. The standard InChI is InChI=1S/C16H22N2O/c1-4-6-10-14-15(17-18(5-2)16(14)19)13-9-7-8-12(3)11-13/h7-9,11,19H,4-6,10H2,1-3H3. The van der Waals surface area contributed by atoms with Crippen molar-refractivity contribution in [2.24, 2.45) is 0 Å². The predicted octanol–water partition coefficient (Wildman–Crippen LogP) is 3.93. The lowest BCUT2D eigenvalue weighted by atomic mass is 10.0. The molecule has 0 atom stereocenters. The zero-order chi connectivity index (χ0) is 13.8. The van der Waals surface area contributed by atoms with Crippen LogP contribution >= 0.6 is 0 Å². The summed E-state index contributed by atoms with van der Waals surface area (Å²) in [5.41, 5.74) is 4.21. The highest BCUT2D eigenvalue weighted by Gasteiger charge is 2.17. The van der Waals surface area contributed by atoms with Crippen LogP contribution in [0.15, 0.2) is 24.3 Å². The number of aryl methyl sites for hydroxylation is 2. The Balaban J connectivity index is 2.48. The minimum Gasteiger partial charge on any atom is -0.493 e. The molecule has 1 N–H and O–H groups in total. The summed E-state index contributed by atoms with van der Waals surface area (Å²) in [6.07, 6.45) is 3.07. The summed E-state index contributed by atoms with van der Waals surface area (Å²) >= 11 is 0. The molecule has 0 fully saturated rings. The van der Waals surface area contributed by atoms with Crippen LogP contribution in [0, 0.1) is 6.92 Å². The van der Waals surface area contributed by atoms with Gasteiger partial charge >= 0.3 is 0 Å². The van der Waals surface area contributed by atoms with Crippen molar-refractivity contribution in [2.45, 2.75) is 46.6 Å². The topological polar surface area (TPSA) is 38.0 Å². The summed E-state index contributed by atoms with van der Waals surface area (Å²) in [6, 6.07) is 8.30. The fraction of sp³-hybridized carbons (Fsp3) is 0.438. The molecule has 0 aliphatic carbocycles. The molecular formula is C16H22N2O. The number of hydrogen-bond donors (Lipinski definition) is 1. The third kappa shape index (κ3) is 2.80. The van der Waals surface area contributed by atoms with E-state index >= 15 is 0 Å². The molecule has 1 aromatic carbocycles. The molecule has 0 aliphatic heterocycles. The number of nitrogens with zero attached hydrogens (tertiary/aromatic N) is 2. The summed E-state index contributed by atoms with van der Waals surface area (Å²) in [6.45, 7) is 6.92. The molecule has 0 spiro atoms. The molecule has 1 aromatic heterocycles. The van der Waals surface area contributed by atoms with E-state index in [9.17, 15) is 5.11 Å². The first-order valence-corrected chi connectivity index (χ1v) is 7.03. The fourth-order valence-corrected chi connectivity index (χ4v) is 2.32. The van der Waals surface area contributed by atoms with E-state index in [2.05, 4.69) is 37.1 Å². The number of aromatic nitrogens is 2. The Hall–Kier alpha value is -1.77. The molecule has 19 heavy (non-hydrogen) atoms. The van der Waals surface area contributed by atoms with E-state index in [-0.39, 0.29) is 0 Å². The minimum atomic E-state index is 0.326. The molecule has 0 saturated carbocycles. The lowest BCUT2D eigenvalue weighted by Crippen LogP contribution is -1.95. The van der Waals surface area contributed by atoms with E-state index in [0.29, 0.717) is 12.4 Å². The highest BCUT2D eigenvalue weighted by atomic mass is 16.3. The van der Waals surface area contributed by atoms with Crippen LogP contribution in [0.5, 0.6) is 5.88 Å². The summed E-state index contributed by atoms with van der Waals surface area (Å²) < 4.78 is 1.68. The van der Waals surface area contributed by atoms with Gasteiger partial charge in [0.2, 0.25) is 5.88 Å². The largest absolute Gasteiger partial charge is 0.493 e. The van der Waals surface area contributed by atoms with Crippen LogP contribution in [0.1, 0.15) is 37.8 Å². The maximum atomic E-state index is 10.3. The summed E-state index contributed by atoms with van der Waals surface area (Å²) in [7, 11) is 0. The van der Waals surface area contributed by atoms with Gasteiger partial charge in [-0.2, -0.15) is 5.10 Å². The van der Waals surface area contributed by atoms with Crippen LogP contribution in [0.4, 0.5) is 0 Å². The first-order valence-electron chi connectivity index (χ1n) is 7.03. The Morgan fingerprint density at radius 2 is 2.05 bits per heavy atom. The Kier molecular flexibility index (Phi) is 4.25. The molecule has 0 amide bonds. The van der Waals surface area contributed by atoms with Crippen LogP contribution in [0.3, 0.4) is 0 Å². The molecule has 0 saturated heterocycles. The highest BCUT2D eigenvalue weighted by molar-refractivity contribution is 5.66. The molecule has 2 aromatic rings. The Labute approximate surface area is 114 Å². The van der Waals surface area contributed by atoms with Gasteiger partial charge in [-0.1, -0.05) is 37.1 Å². The van der Waals surface area contributed by atoms with Crippen molar-refractivity contribution in [3.8, 4) is 17.1 Å². The average Bonchev–Trinajstić information content (AvgIpc) is 2.73. The minimum absolute atomic E-state index is 0.326. The van der Waals surface area contributed by atoms with Gasteiger partial charge in [-0.25, -0.2) is 4.68 Å². The van der Waals surface area contributed by atoms with E-state index in [4.69, 9.17) is 0 Å². The summed E-state index contributed by atoms with van der Waals surface area (Å²) in [4.78, 5) is 0. The van der Waals surface area contributed by atoms with Crippen molar-refractivity contribution in [1.82, 2.24) is 9.78 Å². The molecule has 102 valence electrons. The zero-order valence-electron chi connectivity index (χ0n) is 12.0. The molecule has 0 bridgehead atoms. The first kappa shape index (κ1) is 13.7. The summed E-state index contributed by atoms with van der Waals surface area (Å²) in [5.74, 6) is 0.326. The maximum absolute atomic E-state index is 10.3. The van der Waals surface area contributed by atoms with Crippen LogP contribution < -0.4 is 0 Å². The second-order valence-electron chi connectivity index (χ2n) is 4.94. The number of hydrogen-bond acceptors (Lipinski definition) is 2. The van der Waals surface area contributed by atoms with Crippen LogP contribution in [-0.4, -0.2) is 14.9 Å². The zero-order valence-corrected chi connectivity index (χ0v) is 12.0. The Bertz CT molecular complexity index is 558. The van der Waals surface area contributed by atoms with Gasteiger partial charge in [0, 0.05) is 17.7 Å². The number of unbranched alkanes of at least 4 members (excludes halogenated alkanes) is 1. The SMILES string of the molecule is CCCCc1c(-c2cccc(C)c2)nn(CC)c1O. The second-order valence-corrected chi connectivity index (χ2v) is 4.94. The van der Waals surface area contributed by atoms with E-state index in [1.165, 1.54) is 5.56 Å². The van der Waals surface area contributed by atoms with Crippen molar-refractivity contribution in [3.63, 3.8) is 0 Å². The van der Waals surface area contributed by atoms with Crippen LogP contribution in [0.2, 0.25) is 0 Å². The van der Waals surface area contributed by atoms with E-state index in [1.54, 1.807) is 4.68 Å². The van der Waals surface area contributed by atoms with Gasteiger partial charge in [-0.15, -0.1) is 0 Å². The second kappa shape index (κ2) is 5.91. The molecule has 0 aliphatic rings. The van der Waals surface area contributed by atoms with E-state index in [1.807, 2.05) is 13.0 Å². The van der Waals surface area contributed by atoms with Gasteiger partial charge < -0.3 is 5.11 Å². The van der Waals surface area contributed by atoms with E-state index in [0.717, 1.165) is 36.1 Å². The maximum Gasteiger partial charge on any atom is 0.213 e. The smallest absolute Gasteiger partial charge is 0.213 e. The van der Waals surface area contributed by atoms with Crippen molar-refractivity contribution in [1.29, 1.82) is 0 Å². The fourth-order valence-electron chi connectivity index (χ4n) is 2.32. The molecule has 2 rings (SSSR count). The lowest BCUT2D eigenvalue weighted by molar-refractivity contribution is 0.400. The van der Waals surface area contributed by atoms with Gasteiger partial charge in [0.25, 0.3) is 0 Å². The van der Waals surface area contributed by atoms with Crippen molar-refractivity contribution >= 4 is 0 Å². The van der Waals surface area contributed by atoms with Gasteiger partial charge in [-0.3, -0.25) is 0 Å². The third-order valence-electron chi connectivity index (χ3n) is 3.39. The molecule has 0 unspecified atom stereocenters. The van der Waals surface area contributed by atoms with Gasteiger partial charge in [-0.05, 0) is 32.8 Å². The first-order chi connectivity index (χ1) is 9.17. The number of benzene rings is 1. The molecule has 1 heterocycles. The van der Waals surface area contributed by atoms with Gasteiger partial charge in [0.1, 0.15) is 0 Å². The van der Waals surface area contributed by atoms with Gasteiger partial charge in [0.05, 0.1) is 5.69 Å². The van der Waals surface area contributed by atoms with Gasteiger partial charge in [0.15, 0.2) is 0 Å². The van der Waals surface area contributed by atoms with Crippen LogP contribution in [-0.2, 0) is 13.0 Å². The normalized spacial score (nSPS) is 10.9.